The van der Waals surface area contributed by atoms with Gasteiger partial charge in [-0.15, -0.1) is 0 Å². The van der Waals surface area contributed by atoms with Gasteiger partial charge in [-0.2, -0.15) is 13.2 Å². The molecule has 0 aliphatic heterocycles. The summed E-state index contributed by atoms with van der Waals surface area (Å²) in [4.78, 5) is 26.8. The van der Waals surface area contributed by atoms with Gasteiger partial charge in [-0.25, -0.2) is 4.98 Å². The SMILES string of the molecule is Cc1ccc(NC(=O)CSc2ncc(-c3ccccc3)n2CC(F)(F)F)cc1[N+](=O)[O-]. The quantitative estimate of drug-likeness (QED) is 0.309. The predicted molar refractivity (Wildman–Crippen MR) is 111 cm³/mol. The molecule has 1 aromatic heterocycles. The maximum atomic E-state index is 13.1. The van der Waals surface area contributed by atoms with Gasteiger partial charge >= 0.3 is 6.18 Å². The number of hydrogen-bond donors (Lipinski definition) is 1. The van der Waals surface area contributed by atoms with Crippen molar-refractivity contribution in [3.63, 3.8) is 0 Å². The number of carbonyl (C=O) groups is 1. The van der Waals surface area contributed by atoms with Crippen LogP contribution in [-0.4, -0.2) is 32.3 Å². The number of anilines is 1. The Kier molecular flexibility index (Phi) is 6.64. The van der Waals surface area contributed by atoms with E-state index in [-0.39, 0.29) is 28.0 Å². The van der Waals surface area contributed by atoms with Gasteiger partial charge in [0.1, 0.15) is 6.54 Å². The molecule has 0 atom stereocenters. The van der Waals surface area contributed by atoms with Crippen LogP contribution in [0.15, 0.2) is 59.9 Å². The molecule has 0 unspecified atom stereocenters. The number of nitro benzene ring substituents is 1. The Morgan fingerprint density at radius 1 is 1.23 bits per heavy atom. The van der Waals surface area contributed by atoms with Gasteiger partial charge in [0.2, 0.25) is 5.91 Å². The molecule has 1 amide bonds. The summed E-state index contributed by atoms with van der Waals surface area (Å²) in [5.41, 5.74) is 1.39. The first-order valence-corrected chi connectivity index (χ1v) is 9.98. The van der Waals surface area contributed by atoms with E-state index in [4.69, 9.17) is 0 Å². The van der Waals surface area contributed by atoms with Crippen LogP contribution in [-0.2, 0) is 11.3 Å². The number of imidazole rings is 1. The number of benzene rings is 2. The Morgan fingerprint density at radius 2 is 1.94 bits per heavy atom. The van der Waals surface area contributed by atoms with Crippen LogP contribution >= 0.6 is 11.8 Å². The minimum absolute atomic E-state index is 0.0428. The van der Waals surface area contributed by atoms with Crippen LogP contribution in [0.25, 0.3) is 11.3 Å². The molecule has 3 rings (SSSR count). The minimum Gasteiger partial charge on any atom is -0.325 e. The summed E-state index contributed by atoms with van der Waals surface area (Å²) in [5, 5.41) is 13.6. The third-order valence-corrected chi connectivity index (χ3v) is 5.24. The van der Waals surface area contributed by atoms with Crippen molar-refractivity contribution in [2.45, 2.75) is 24.8 Å². The van der Waals surface area contributed by atoms with E-state index in [1.807, 2.05) is 0 Å². The smallest absolute Gasteiger partial charge is 0.325 e. The number of aryl methyl sites for hydroxylation is 1. The zero-order valence-corrected chi connectivity index (χ0v) is 17.0. The molecule has 31 heavy (non-hydrogen) atoms. The number of carbonyl (C=O) groups excluding carboxylic acids is 1. The van der Waals surface area contributed by atoms with Gasteiger partial charge in [-0.05, 0) is 18.6 Å². The maximum absolute atomic E-state index is 13.1. The van der Waals surface area contributed by atoms with E-state index in [1.54, 1.807) is 37.3 Å². The average Bonchev–Trinajstić information content (AvgIpc) is 3.09. The molecular formula is C20H17F3N4O3S. The first kappa shape index (κ1) is 22.3. The first-order chi connectivity index (χ1) is 14.6. The third kappa shape index (κ3) is 5.85. The molecule has 0 spiro atoms. The minimum atomic E-state index is -4.47. The molecule has 11 heteroatoms. The number of thioether (sulfide) groups is 1. The van der Waals surface area contributed by atoms with E-state index >= 15 is 0 Å². The lowest BCUT2D eigenvalue weighted by molar-refractivity contribution is -0.385. The number of aromatic nitrogens is 2. The fourth-order valence-electron chi connectivity index (χ4n) is 2.86. The third-order valence-electron chi connectivity index (χ3n) is 4.25. The van der Waals surface area contributed by atoms with Crippen LogP contribution in [0.3, 0.4) is 0 Å². The number of nitrogens with zero attached hydrogens (tertiary/aromatic N) is 3. The zero-order chi connectivity index (χ0) is 22.6. The van der Waals surface area contributed by atoms with E-state index in [2.05, 4.69) is 10.3 Å². The van der Waals surface area contributed by atoms with Gasteiger partial charge in [0.05, 0.1) is 22.6 Å². The number of nitrogens with one attached hydrogen (secondary N) is 1. The second kappa shape index (κ2) is 9.21. The van der Waals surface area contributed by atoms with E-state index in [0.717, 1.165) is 16.3 Å². The topological polar surface area (TPSA) is 90.1 Å². The number of alkyl halides is 3. The van der Waals surface area contributed by atoms with Crippen LogP contribution in [0.5, 0.6) is 0 Å². The lowest BCUT2D eigenvalue weighted by atomic mass is 10.2. The lowest BCUT2D eigenvalue weighted by Gasteiger charge is -2.14. The molecule has 0 aliphatic carbocycles. The highest BCUT2D eigenvalue weighted by atomic mass is 32.2. The van der Waals surface area contributed by atoms with Gasteiger partial charge in [0, 0.05) is 17.3 Å². The van der Waals surface area contributed by atoms with Crippen molar-refractivity contribution in [1.29, 1.82) is 0 Å². The summed E-state index contributed by atoms with van der Waals surface area (Å²) in [6.45, 7) is 0.329. The fraction of sp³-hybridized carbons (Fsp3) is 0.200. The summed E-state index contributed by atoms with van der Waals surface area (Å²) in [7, 11) is 0. The standard InChI is InChI=1S/C20H17F3N4O3S/c1-13-7-8-15(9-16(13)27(29)30)25-18(28)11-31-19-24-10-17(14-5-3-2-4-6-14)26(19)12-20(21,22)23/h2-10H,11-12H2,1H3,(H,25,28). The van der Waals surface area contributed by atoms with Crippen molar-refractivity contribution in [2.24, 2.45) is 0 Å². The van der Waals surface area contributed by atoms with E-state index < -0.39 is 23.6 Å². The molecule has 0 bridgehead atoms. The molecule has 7 nitrogen and oxygen atoms in total. The average molecular weight is 450 g/mol. The number of rotatable bonds is 7. The molecule has 1 N–H and O–H groups in total. The van der Waals surface area contributed by atoms with Crippen LogP contribution < -0.4 is 5.32 Å². The van der Waals surface area contributed by atoms with Crippen molar-refractivity contribution in [3.05, 3.63) is 70.4 Å². The Labute approximate surface area is 179 Å². The van der Waals surface area contributed by atoms with Gasteiger partial charge < -0.3 is 9.88 Å². The fourth-order valence-corrected chi connectivity index (χ4v) is 3.63. The van der Waals surface area contributed by atoms with Crippen molar-refractivity contribution in [1.82, 2.24) is 9.55 Å². The first-order valence-electron chi connectivity index (χ1n) is 8.99. The number of nitro groups is 1. The lowest BCUT2D eigenvalue weighted by Crippen LogP contribution is -2.20. The second-order valence-corrected chi connectivity index (χ2v) is 7.53. The summed E-state index contributed by atoms with van der Waals surface area (Å²) < 4.78 is 40.4. The van der Waals surface area contributed by atoms with Crippen LogP contribution in [0.4, 0.5) is 24.5 Å². The van der Waals surface area contributed by atoms with Crippen LogP contribution in [0, 0.1) is 17.0 Å². The molecule has 0 aliphatic rings. The van der Waals surface area contributed by atoms with Crippen molar-refractivity contribution in [2.75, 3.05) is 11.1 Å². The molecule has 162 valence electrons. The summed E-state index contributed by atoms with van der Waals surface area (Å²) in [5.74, 6) is -0.740. The maximum Gasteiger partial charge on any atom is 0.406 e. The van der Waals surface area contributed by atoms with Crippen LogP contribution in [0.1, 0.15) is 5.56 Å². The highest BCUT2D eigenvalue weighted by Crippen LogP contribution is 2.30. The molecule has 2 aromatic carbocycles. The largest absolute Gasteiger partial charge is 0.406 e. The molecule has 0 saturated carbocycles. The van der Waals surface area contributed by atoms with Crippen molar-refractivity contribution >= 4 is 29.0 Å². The van der Waals surface area contributed by atoms with Crippen molar-refractivity contribution < 1.29 is 22.9 Å². The Balaban J connectivity index is 1.75. The molecule has 1 heterocycles. The molecule has 0 radical (unpaired) electrons. The predicted octanol–water partition coefficient (Wildman–Crippen LogP) is 5.06. The Hall–Kier alpha value is -3.34. The molecular weight excluding hydrogens is 433 g/mol. The Morgan fingerprint density at radius 3 is 2.58 bits per heavy atom. The van der Waals surface area contributed by atoms with Gasteiger partial charge in [-0.1, -0.05) is 48.2 Å². The molecule has 0 saturated heterocycles. The highest BCUT2D eigenvalue weighted by molar-refractivity contribution is 7.99. The molecule has 0 fully saturated rings. The number of halogens is 3. The van der Waals surface area contributed by atoms with Gasteiger partial charge in [-0.3, -0.25) is 14.9 Å². The zero-order valence-electron chi connectivity index (χ0n) is 16.2. The Bertz CT molecular complexity index is 1100. The van der Waals surface area contributed by atoms with Gasteiger partial charge in [0.25, 0.3) is 5.69 Å². The van der Waals surface area contributed by atoms with E-state index in [1.165, 1.54) is 24.4 Å². The normalized spacial score (nSPS) is 11.4. The number of amides is 1. The second-order valence-electron chi connectivity index (χ2n) is 6.59. The summed E-state index contributed by atoms with van der Waals surface area (Å²) in [6.07, 6.45) is -3.13. The number of hydrogen-bond acceptors (Lipinski definition) is 5. The molecule has 3 aromatic rings. The van der Waals surface area contributed by atoms with E-state index in [0.29, 0.717) is 11.1 Å². The van der Waals surface area contributed by atoms with Crippen LogP contribution in [0.2, 0.25) is 0 Å². The highest BCUT2D eigenvalue weighted by Gasteiger charge is 2.31. The summed E-state index contributed by atoms with van der Waals surface area (Å²) in [6, 6.07) is 12.8. The monoisotopic (exact) mass is 450 g/mol. The summed E-state index contributed by atoms with van der Waals surface area (Å²) >= 11 is 0.850. The van der Waals surface area contributed by atoms with Gasteiger partial charge in [0.15, 0.2) is 5.16 Å². The van der Waals surface area contributed by atoms with E-state index in [9.17, 15) is 28.1 Å². The van der Waals surface area contributed by atoms with Crippen molar-refractivity contribution in [3.8, 4) is 11.3 Å².